The molecule has 0 radical (unpaired) electrons. The number of rotatable bonds is 10. The van der Waals surface area contributed by atoms with Crippen molar-refractivity contribution in [3.8, 4) is 11.5 Å². The first-order valence-electron chi connectivity index (χ1n) is 9.40. The molecule has 30 heavy (non-hydrogen) atoms. The number of esters is 1. The van der Waals surface area contributed by atoms with Gasteiger partial charge in [-0.25, -0.2) is 4.79 Å². The highest BCUT2D eigenvalue weighted by Gasteiger charge is 2.16. The maximum absolute atomic E-state index is 12.4. The molecular formula is C20H25N3O7. The van der Waals surface area contributed by atoms with Gasteiger partial charge < -0.3 is 19.1 Å². The quantitative estimate of drug-likeness (QED) is 0.558. The van der Waals surface area contributed by atoms with Crippen molar-refractivity contribution in [2.24, 2.45) is 0 Å². The second-order valence-corrected chi connectivity index (χ2v) is 6.22. The van der Waals surface area contributed by atoms with Crippen LogP contribution < -0.4 is 20.7 Å². The van der Waals surface area contributed by atoms with Crippen molar-refractivity contribution in [3.63, 3.8) is 0 Å². The number of carbonyl (C=O) groups excluding carboxylic acids is 2. The van der Waals surface area contributed by atoms with E-state index in [1.54, 1.807) is 12.1 Å². The standard InChI is InChI=1S/C20H25N3O7/c1-4-22(11-14-6-7-15(29-5-2)16(10-14)28-3)18(25)13-30-19(26)12-23-9-8-17(24)21-20(23)27/h6-10H,4-5,11-13H2,1-3H3,(H,21,24,27). The number of nitrogens with zero attached hydrogens (tertiary/aromatic N) is 2. The van der Waals surface area contributed by atoms with Crippen molar-refractivity contribution in [3.05, 3.63) is 56.9 Å². The molecule has 0 unspecified atom stereocenters. The van der Waals surface area contributed by atoms with E-state index in [-0.39, 0.29) is 5.91 Å². The van der Waals surface area contributed by atoms with E-state index >= 15 is 0 Å². The monoisotopic (exact) mass is 419 g/mol. The largest absolute Gasteiger partial charge is 0.493 e. The highest BCUT2D eigenvalue weighted by atomic mass is 16.5. The summed E-state index contributed by atoms with van der Waals surface area (Å²) in [5, 5.41) is 0. The lowest BCUT2D eigenvalue weighted by molar-refractivity contribution is -0.152. The number of hydrogen-bond acceptors (Lipinski definition) is 7. The zero-order valence-corrected chi connectivity index (χ0v) is 17.2. The molecule has 1 heterocycles. The first kappa shape index (κ1) is 22.7. The van der Waals surface area contributed by atoms with E-state index in [1.165, 1.54) is 18.2 Å². The second kappa shape index (κ2) is 10.8. The van der Waals surface area contributed by atoms with Crippen LogP contribution in [-0.2, 0) is 27.4 Å². The van der Waals surface area contributed by atoms with Crippen molar-refractivity contribution in [2.45, 2.75) is 26.9 Å². The SMILES string of the molecule is CCOc1ccc(CN(CC)C(=O)COC(=O)Cn2ccc(=O)[nH]c2=O)cc1OC. The van der Waals surface area contributed by atoms with Gasteiger partial charge in [0.25, 0.3) is 11.5 Å². The van der Waals surface area contributed by atoms with Gasteiger partial charge in [0.15, 0.2) is 18.1 Å². The summed E-state index contributed by atoms with van der Waals surface area (Å²) in [5.41, 5.74) is -0.466. The average Bonchev–Trinajstić information content (AvgIpc) is 2.73. The number of likely N-dealkylation sites (N-methyl/N-ethyl adjacent to an activating group) is 1. The summed E-state index contributed by atoms with van der Waals surface area (Å²) in [4.78, 5) is 50.6. The topological polar surface area (TPSA) is 120 Å². The minimum atomic E-state index is -0.767. The van der Waals surface area contributed by atoms with Crippen LogP contribution in [0, 0.1) is 0 Å². The molecule has 162 valence electrons. The van der Waals surface area contributed by atoms with Crippen LogP contribution in [0.25, 0.3) is 0 Å². The number of nitrogens with one attached hydrogen (secondary N) is 1. The fourth-order valence-electron chi connectivity index (χ4n) is 2.67. The lowest BCUT2D eigenvalue weighted by Crippen LogP contribution is -2.35. The molecule has 2 rings (SSSR count). The van der Waals surface area contributed by atoms with E-state index in [9.17, 15) is 19.2 Å². The predicted molar refractivity (Wildman–Crippen MR) is 108 cm³/mol. The molecule has 1 amide bonds. The Balaban J connectivity index is 1.95. The number of hydrogen-bond donors (Lipinski definition) is 1. The highest BCUT2D eigenvalue weighted by molar-refractivity contribution is 5.80. The van der Waals surface area contributed by atoms with E-state index in [4.69, 9.17) is 14.2 Å². The van der Waals surface area contributed by atoms with Gasteiger partial charge in [-0.2, -0.15) is 0 Å². The van der Waals surface area contributed by atoms with Crippen LogP contribution in [0.4, 0.5) is 0 Å². The van der Waals surface area contributed by atoms with Crippen LogP contribution in [-0.4, -0.2) is 53.2 Å². The molecule has 10 heteroatoms. The molecule has 1 aromatic carbocycles. The van der Waals surface area contributed by atoms with Gasteiger partial charge in [0.05, 0.1) is 13.7 Å². The molecule has 1 aromatic heterocycles. The Kier molecular flexibility index (Phi) is 8.21. The first-order valence-corrected chi connectivity index (χ1v) is 9.40. The third-order valence-corrected chi connectivity index (χ3v) is 4.19. The molecule has 0 saturated carbocycles. The van der Waals surface area contributed by atoms with E-state index in [1.807, 2.05) is 24.9 Å². The van der Waals surface area contributed by atoms with Crippen molar-refractivity contribution >= 4 is 11.9 Å². The zero-order valence-electron chi connectivity index (χ0n) is 17.2. The molecule has 2 aromatic rings. The lowest BCUT2D eigenvalue weighted by atomic mass is 10.2. The van der Waals surface area contributed by atoms with Gasteiger partial charge in [-0.1, -0.05) is 6.07 Å². The van der Waals surface area contributed by atoms with Crippen LogP contribution in [0.3, 0.4) is 0 Å². The fourth-order valence-corrected chi connectivity index (χ4v) is 2.67. The Labute approximate surface area is 173 Å². The van der Waals surface area contributed by atoms with Crippen LogP contribution >= 0.6 is 0 Å². The Hall–Kier alpha value is -3.56. The first-order chi connectivity index (χ1) is 14.4. The number of amides is 1. The number of methoxy groups -OCH3 is 1. The van der Waals surface area contributed by atoms with E-state index in [2.05, 4.69) is 0 Å². The molecule has 0 aliphatic carbocycles. The summed E-state index contributed by atoms with van der Waals surface area (Å²) >= 11 is 0. The molecular weight excluding hydrogens is 394 g/mol. The summed E-state index contributed by atoms with van der Waals surface area (Å²) in [5.74, 6) is 0.0315. The molecule has 0 aliphatic heterocycles. The fraction of sp³-hybridized carbons (Fsp3) is 0.400. The highest BCUT2D eigenvalue weighted by Crippen LogP contribution is 2.28. The van der Waals surface area contributed by atoms with Crippen LogP contribution in [0.15, 0.2) is 40.1 Å². The smallest absolute Gasteiger partial charge is 0.328 e. The molecule has 0 aliphatic rings. The Morgan fingerprint density at radius 3 is 2.53 bits per heavy atom. The van der Waals surface area contributed by atoms with Gasteiger partial charge in [0.2, 0.25) is 0 Å². The molecule has 0 saturated heterocycles. The summed E-state index contributed by atoms with van der Waals surface area (Å²) in [6.45, 7) is 4.03. The van der Waals surface area contributed by atoms with Crippen LogP contribution in [0.1, 0.15) is 19.4 Å². The molecule has 0 bridgehead atoms. The second-order valence-electron chi connectivity index (χ2n) is 6.22. The number of H-pyrrole nitrogens is 1. The summed E-state index contributed by atoms with van der Waals surface area (Å²) in [7, 11) is 1.54. The lowest BCUT2D eigenvalue weighted by Gasteiger charge is -2.21. The Morgan fingerprint density at radius 2 is 1.90 bits per heavy atom. The number of ether oxygens (including phenoxy) is 3. The van der Waals surface area contributed by atoms with E-state index < -0.39 is 30.4 Å². The van der Waals surface area contributed by atoms with E-state index in [0.717, 1.165) is 16.2 Å². The number of aromatic nitrogens is 2. The predicted octanol–water partition coefficient (Wildman–Crippen LogP) is 0.536. The Bertz CT molecular complexity index is 996. The zero-order chi connectivity index (χ0) is 22.1. The number of benzene rings is 1. The number of carbonyl (C=O) groups is 2. The summed E-state index contributed by atoms with van der Waals surface area (Å²) in [6.07, 6.45) is 1.18. The minimum Gasteiger partial charge on any atom is -0.493 e. The summed E-state index contributed by atoms with van der Waals surface area (Å²) in [6, 6.07) is 6.51. The third-order valence-electron chi connectivity index (χ3n) is 4.19. The number of aromatic amines is 1. The van der Waals surface area contributed by atoms with Crippen molar-refractivity contribution in [1.29, 1.82) is 0 Å². The molecule has 1 N–H and O–H groups in total. The van der Waals surface area contributed by atoms with Gasteiger partial charge in [0, 0.05) is 25.4 Å². The minimum absolute atomic E-state index is 0.301. The summed E-state index contributed by atoms with van der Waals surface area (Å²) < 4.78 is 16.8. The van der Waals surface area contributed by atoms with Gasteiger partial charge in [-0.3, -0.25) is 23.9 Å². The normalized spacial score (nSPS) is 10.4. The van der Waals surface area contributed by atoms with Crippen molar-refractivity contribution in [2.75, 3.05) is 26.9 Å². The van der Waals surface area contributed by atoms with Crippen LogP contribution in [0.5, 0.6) is 11.5 Å². The van der Waals surface area contributed by atoms with Gasteiger partial charge in [-0.15, -0.1) is 0 Å². The van der Waals surface area contributed by atoms with E-state index in [0.29, 0.717) is 31.2 Å². The molecule has 0 atom stereocenters. The van der Waals surface area contributed by atoms with Gasteiger partial charge in [-0.05, 0) is 31.5 Å². The van der Waals surface area contributed by atoms with Gasteiger partial charge >= 0.3 is 11.7 Å². The maximum Gasteiger partial charge on any atom is 0.328 e. The maximum atomic E-state index is 12.4. The van der Waals surface area contributed by atoms with Crippen molar-refractivity contribution < 1.29 is 23.8 Å². The van der Waals surface area contributed by atoms with Gasteiger partial charge in [0.1, 0.15) is 6.54 Å². The average molecular weight is 419 g/mol. The molecule has 0 spiro atoms. The Morgan fingerprint density at radius 1 is 1.13 bits per heavy atom. The third kappa shape index (κ3) is 6.23. The van der Waals surface area contributed by atoms with Crippen LogP contribution in [0.2, 0.25) is 0 Å². The molecule has 0 fully saturated rings. The van der Waals surface area contributed by atoms with Crippen molar-refractivity contribution in [1.82, 2.24) is 14.5 Å². The molecule has 10 nitrogen and oxygen atoms in total.